The van der Waals surface area contributed by atoms with Gasteiger partial charge in [0.05, 0.1) is 11.4 Å². The van der Waals surface area contributed by atoms with Gasteiger partial charge < -0.3 is 20.7 Å². The molecule has 180 valence electrons. The van der Waals surface area contributed by atoms with E-state index in [0.717, 1.165) is 42.9 Å². The summed E-state index contributed by atoms with van der Waals surface area (Å²) in [5, 5.41) is 12.1. The van der Waals surface area contributed by atoms with Gasteiger partial charge in [0.15, 0.2) is 11.6 Å². The summed E-state index contributed by atoms with van der Waals surface area (Å²) in [5.41, 5.74) is 9.90. The van der Waals surface area contributed by atoms with Crippen LogP contribution in [0.3, 0.4) is 0 Å². The standard InChI is InChI=1S/C24H32N8O2/c1-15(2)28-23(33)31-9-6-24(14-31)7-10-32-21(24)12-18(29-32)17-11-20(22(25)26-13-17)34-16(3)19-5-8-27-30(19)4/h5,8,11-13,15-16H,6-7,9-10,14H2,1-4H3,(H2,25,26)(H,28,33)/t16?,24-/m1/s1. The van der Waals surface area contributed by atoms with Crippen molar-refractivity contribution < 1.29 is 9.53 Å². The Kier molecular flexibility index (Phi) is 5.45. The quantitative estimate of drug-likeness (QED) is 0.600. The molecular formula is C24H32N8O2. The summed E-state index contributed by atoms with van der Waals surface area (Å²) in [6.45, 7) is 8.24. The number of carbonyl (C=O) groups is 1. The zero-order valence-electron chi connectivity index (χ0n) is 20.2. The van der Waals surface area contributed by atoms with Crippen LogP contribution in [0.4, 0.5) is 10.6 Å². The molecule has 2 aliphatic heterocycles. The minimum atomic E-state index is -0.233. The van der Waals surface area contributed by atoms with Gasteiger partial charge in [-0.05, 0) is 51.8 Å². The molecule has 2 amide bonds. The third kappa shape index (κ3) is 3.86. The molecule has 1 saturated heterocycles. The monoisotopic (exact) mass is 464 g/mol. The van der Waals surface area contributed by atoms with Crippen molar-refractivity contribution in [3.8, 4) is 17.0 Å². The average molecular weight is 465 g/mol. The van der Waals surface area contributed by atoms with E-state index in [1.165, 1.54) is 5.69 Å². The van der Waals surface area contributed by atoms with Gasteiger partial charge in [0.2, 0.25) is 0 Å². The minimum absolute atomic E-state index is 0.0112. The number of hydrogen-bond donors (Lipinski definition) is 2. The van der Waals surface area contributed by atoms with Gasteiger partial charge in [-0.15, -0.1) is 0 Å². The van der Waals surface area contributed by atoms with Crippen molar-refractivity contribution >= 4 is 11.8 Å². The molecule has 3 N–H and O–H groups in total. The molecule has 10 heteroatoms. The summed E-state index contributed by atoms with van der Waals surface area (Å²) in [7, 11) is 1.88. The molecule has 5 heterocycles. The van der Waals surface area contributed by atoms with Crippen molar-refractivity contribution in [2.45, 2.75) is 57.7 Å². The van der Waals surface area contributed by atoms with E-state index in [0.29, 0.717) is 18.1 Å². The van der Waals surface area contributed by atoms with Crippen LogP contribution >= 0.6 is 0 Å². The first-order valence-corrected chi connectivity index (χ1v) is 11.8. The summed E-state index contributed by atoms with van der Waals surface area (Å²) >= 11 is 0. The number of hydrogen-bond acceptors (Lipinski definition) is 6. The Morgan fingerprint density at radius 1 is 1.24 bits per heavy atom. The van der Waals surface area contributed by atoms with E-state index in [9.17, 15) is 4.79 Å². The summed E-state index contributed by atoms with van der Waals surface area (Å²) in [5.74, 6) is 0.857. The lowest BCUT2D eigenvalue weighted by Gasteiger charge is -2.24. The van der Waals surface area contributed by atoms with Crippen LogP contribution in [0, 0.1) is 0 Å². The van der Waals surface area contributed by atoms with Gasteiger partial charge in [0.1, 0.15) is 6.10 Å². The van der Waals surface area contributed by atoms with Crippen LogP contribution in [0.1, 0.15) is 51.1 Å². The van der Waals surface area contributed by atoms with Gasteiger partial charge in [-0.2, -0.15) is 10.2 Å². The lowest BCUT2D eigenvalue weighted by molar-refractivity contribution is 0.203. The fraction of sp³-hybridized carbons (Fsp3) is 0.500. The molecule has 0 aromatic carbocycles. The van der Waals surface area contributed by atoms with E-state index in [1.54, 1.807) is 17.1 Å². The Morgan fingerprint density at radius 2 is 2.03 bits per heavy atom. The van der Waals surface area contributed by atoms with E-state index in [2.05, 4.69) is 26.1 Å². The number of ether oxygens (including phenoxy) is 1. The number of aromatic nitrogens is 5. The Balaban J connectivity index is 1.37. The molecule has 0 saturated carbocycles. The zero-order chi connectivity index (χ0) is 24.0. The number of rotatable bonds is 5. The highest BCUT2D eigenvalue weighted by atomic mass is 16.5. The predicted octanol–water partition coefficient (Wildman–Crippen LogP) is 2.87. The Labute approximate surface area is 199 Å². The highest BCUT2D eigenvalue weighted by Gasteiger charge is 2.47. The first kappa shape index (κ1) is 22.2. The molecule has 1 unspecified atom stereocenters. The van der Waals surface area contributed by atoms with Gasteiger partial charge in [0.25, 0.3) is 0 Å². The molecule has 0 radical (unpaired) electrons. The average Bonchev–Trinajstić information content (AvgIpc) is 3.55. The van der Waals surface area contributed by atoms with E-state index >= 15 is 0 Å². The Hall–Kier alpha value is -3.56. The Morgan fingerprint density at radius 3 is 2.76 bits per heavy atom. The number of pyridine rings is 1. The second-order valence-corrected chi connectivity index (χ2v) is 9.69. The molecule has 2 atom stereocenters. The summed E-state index contributed by atoms with van der Waals surface area (Å²) in [6, 6.07) is 6.09. The molecule has 5 rings (SSSR count). The van der Waals surface area contributed by atoms with E-state index in [1.807, 2.05) is 44.9 Å². The van der Waals surface area contributed by atoms with Gasteiger partial charge in [-0.3, -0.25) is 9.36 Å². The van der Waals surface area contributed by atoms with Crippen LogP contribution in [-0.2, 0) is 19.0 Å². The van der Waals surface area contributed by atoms with Gasteiger partial charge in [0, 0.05) is 61.8 Å². The van der Waals surface area contributed by atoms with Gasteiger partial charge in [-0.25, -0.2) is 9.78 Å². The summed E-state index contributed by atoms with van der Waals surface area (Å²) in [4.78, 5) is 18.8. The summed E-state index contributed by atoms with van der Waals surface area (Å²) in [6.07, 6.45) is 5.19. The maximum Gasteiger partial charge on any atom is 0.317 e. The number of nitrogens with two attached hydrogens (primary N) is 1. The van der Waals surface area contributed by atoms with Crippen LogP contribution < -0.4 is 15.8 Å². The molecule has 1 spiro atoms. The molecule has 0 bridgehead atoms. The molecule has 1 fully saturated rings. The van der Waals surface area contributed by atoms with Crippen molar-refractivity contribution in [2.75, 3.05) is 18.8 Å². The maximum atomic E-state index is 12.6. The van der Waals surface area contributed by atoms with Crippen LogP contribution in [0.5, 0.6) is 5.75 Å². The first-order valence-electron chi connectivity index (χ1n) is 11.8. The van der Waals surface area contributed by atoms with Crippen LogP contribution in [0.15, 0.2) is 30.6 Å². The molecule has 3 aromatic rings. The van der Waals surface area contributed by atoms with E-state index in [4.69, 9.17) is 15.6 Å². The smallest absolute Gasteiger partial charge is 0.317 e. The van der Waals surface area contributed by atoms with Crippen molar-refractivity contribution in [1.29, 1.82) is 0 Å². The lowest BCUT2D eigenvalue weighted by atomic mass is 9.82. The van der Waals surface area contributed by atoms with Crippen molar-refractivity contribution in [1.82, 2.24) is 34.8 Å². The lowest BCUT2D eigenvalue weighted by Crippen LogP contribution is -2.43. The number of anilines is 1. The number of urea groups is 1. The number of aryl methyl sites for hydroxylation is 2. The molecule has 3 aromatic heterocycles. The number of nitrogens with one attached hydrogen (secondary N) is 1. The molecule has 34 heavy (non-hydrogen) atoms. The van der Waals surface area contributed by atoms with Gasteiger partial charge in [-0.1, -0.05) is 0 Å². The first-order chi connectivity index (χ1) is 16.3. The van der Waals surface area contributed by atoms with Crippen molar-refractivity contribution in [3.05, 3.63) is 42.0 Å². The maximum absolute atomic E-state index is 12.6. The van der Waals surface area contributed by atoms with Crippen molar-refractivity contribution in [2.24, 2.45) is 7.05 Å². The number of likely N-dealkylation sites (tertiary alicyclic amines) is 1. The normalized spacial score (nSPS) is 20.2. The van der Waals surface area contributed by atoms with Gasteiger partial charge >= 0.3 is 6.03 Å². The second-order valence-electron chi connectivity index (χ2n) is 9.69. The topological polar surface area (TPSA) is 116 Å². The van der Waals surface area contributed by atoms with Crippen LogP contribution in [-0.4, -0.2) is 54.6 Å². The Bertz CT molecular complexity index is 1220. The molecule has 10 nitrogen and oxygen atoms in total. The zero-order valence-corrected chi connectivity index (χ0v) is 20.2. The fourth-order valence-corrected chi connectivity index (χ4v) is 5.12. The largest absolute Gasteiger partial charge is 0.481 e. The molecule has 0 aliphatic carbocycles. The van der Waals surface area contributed by atoms with E-state index in [-0.39, 0.29) is 23.6 Å². The third-order valence-corrected chi connectivity index (χ3v) is 6.94. The third-order valence-electron chi connectivity index (χ3n) is 6.94. The highest BCUT2D eigenvalue weighted by Crippen LogP contribution is 2.44. The SMILES string of the molecule is CC(C)NC(=O)N1CC[C@@]2(CCn3nc(-c4cnc(N)c(OC(C)c5ccnn5C)c4)cc32)C1. The predicted molar refractivity (Wildman–Crippen MR) is 128 cm³/mol. The molecular weight excluding hydrogens is 432 g/mol. The number of nitrogens with zero attached hydrogens (tertiary/aromatic N) is 6. The summed E-state index contributed by atoms with van der Waals surface area (Å²) < 4.78 is 10.0. The minimum Gasteiger partial charge on any atom is -0.481 e. The number of carbonyl (C=O) groups excluding carboxylic acids is 1. The number of fused-ring (bicyclic) bond motifs is 2. The molecule has 2 aliphatic rings. The second kappa shape index (κ2) is 8.34. The van der Waals surface area contributed by atoms with Crippen molar-refractivity contribution in [3.63, 3.8) is 0 Å². The van der Waals surface area contributed by atoms with Crippen LogP contribution in [0.2, 0.25) is 0 Å². The number of amides is 2. The van der Waals surface area contributed by atoms with Crippen LogP contribution in [0.25, 0.3) is 11.3 Å². The van der Waals surface area contributed by atoms with E-state index < -0.39 is 0 Å². The highest BCUT2D eigenvalue weighted by molar-refractivity contribution is 5.75. The fourth-order valence-electron chi connectivity index (χ4n) is 5.12. The number of nitrogen functional groups attached to an aromatic ring is 1.